The summed E-state index contributed by atoms with van der Waals surface area (Å²) in [6, 6.07) is 8.56. The van der Waals surface area contributed by atoms with Crippen molar-refractivity contribution in [3.8, 4) is 17.0 Å². The fraction of sp³-hybridized carbons (Fsp3) is 0.462. The Balaban J connectivity index is 1.32. The van der Waals surface area contributed by atoms with Crippen molar-refractivity contribution in [3.63, 3.8) is 0 Å². The first kappa shape index (κ1) is 25.7. The Labute approximate surface area is 210 Å². The number of carbonyl (C=O) groups is 1. The van der Waals surface area contributed by atoms with Gasteiger partial charge in [-0.3, -0.25) is 14.7 Å². The number of benzene rings is 1. The molecule has 2 N–H and O–H groups in total. The quantitative estimate of drug-likeness (QED) is 0.436. The number of nitrogens with zero attached hydrogens (tertiary/aromatic N) is 5. The van der Waals surface area contributed by atoms with Gasteiger partial charge in [0.15, 0.2) is 5.82 Å². The molecule has 0 atom stereocenters. The highest BCUT2D eigenvalue weighted by Crippen LogP contribution is 2.26. The standard InChI is InChI=1S/C26H33N5O5/c1-16(2)25-28-24(36-29-25)13-31-11-21(12-31)35-20-6-8-23(27-10-20)22-7-5-18(9-17(22)3)26(34)30(4)19(14-32)15-33/h5-10,16,19,21,32-33H,11-15H2,1-4H3. The van der Waals surface area contributed by atoms with Crippen LogP contribution in [0.5, 0.6) is 5.75 Å². The maximum absolute atomic E-state index is 12.7. The van der Waals surface area contributed by atoms with Crippen LogP contribution in [0.25, 0.3) is 11.3 Å². The summed E-state index contributed by atoms with van der Waals surface area (Å²) in [6.07, 6.45) is 1.79. The van der Waals surface area contributed by atoms with Crippen LogP contribution >= 0.6 is 0 Å². The van der Waals surface area contributed by atoms with E-state index < -0.39 is 6.04 Å². The Morgan fingerprint density at radius 3 is 2.56 bits per heavy atom. The molecule has 0 aliphatic carbocycles. The van der Waals surface area contributed by atoms with E-state index in [1.807, 2.05) is 39.0 Å². The van der Waals surface area contributed by atoms with Gasteiger partial charge in [-0.05, 0) is 36.8 Å². The maximum Gasteiger partial charge on any atom is 0.254 e. The molecule has 2 aromatic heterocycles. The van der Waals surface area contributed by atoms with Gasteiger partial charge in [-0.1, -0.05) is 25.1 Å². The molecule has 192 valence electrons. The minimum absolute atomic E-state index is 0.0795. The highest BCUT2D eigenvalue weighted by atomic mass is 16.5. The van der Waals surface area contributed by atoms with Crippen molar-refractivity contribution in [2.24, 2.45) is 0 Å². The number of rotatable bonds is 10. The third kappa shape index (κ3) is 5.72. The maximum atomic E-state index is 12.7. The highest BCUT2D eigenvalue weighted by molar-refractivity contribution is 5.95. The first-order chi connectivity index (χ1) is 17.3. The molecule has 1 fully saturated rings. The molecule has 1 aliphatic rings. The number of likely N-dealkylation sites (N-methyl/N-ethyl adjacent to an activating group) is 1. The molecular weight excluding hydrogens is 462 g/mol. The number of likely N-dealkylation sites (tertiary alicyclic amines) is 1. The molecule has 3 heterocycles. The summed E-state index contributed by atoms with van der Waals surface area (Å²) in [6.45, 7) is 7.55. The lowest BCUT2D eigenvalue weighted by molar-refractivity contribution is 0.00844. The molecule has 0 unspecified atom stereocenters. The van der Waals surface area contributed by atoms with Gasteiger partial charge in [0.1, 0.15) is 11.9 Å². The van der Waals surface area contributed by atoms with Gasteiger partial charge in [0.25, 0.3) is 5.91 Å². The Bertz CT molecular complexity index is 1170. The van der Waals surface area contributed by atoms with E-state index in [1.54, 1.807) is 25.4 Å². The molecule has 10 nitrogen and oxygen atoms in total. The molecule has 1 aliphatic heterocycles. The summed E-state index contributed by atoms with van der Waals surface area (Å²) in [5.41, 5.74) is 3.08. The largest absolute Gasteiger partial charge is 0.486 e. The number of aryl methyl sites for hydroxylation is 1. The second-order valence-corrected chi connectivity index (χ2v) is 9.48. The lowest BCUT2D eigenvalue weighted by Crippen LogP contribution is -2.53. The molecule has 10 heteroatoms. The van der Waals surface area contributed by atoms with E-state index in [1.165, 1.54) is 4.90 Å². The predicted molar refractivity (Wildman–Crippen MR) is 133 cm³/mol. The zero-order chi connectivity index (χ0) is 25.8. The van der Waals surface area contributed by atoms with E-state index in [-0.39, 0.29) is 31.1 Å². The van der Waals surface area contributed by atoms with Gasteiger partial charge in [0.2, 0.25) is 5.89 Å². The first-order valence-corrected chi connectivity index (χ1v) is 12.1. The fourth-order valence-electron chi connectivity index (χ4n) is 4.04. The van der Waals surface area contributed by atoms with E-state index in [2.05, 4.69) is 20.0 Å². The Kier molecular flexibility index (Phi) is 7.97. The second-order valence-electron chi connectivity index (χ2n) is 9.48. The van der Waals surface area contributed by atoms with Crippen molar-refractivity contribution in [1.82, 2.24) is 24.9 Å². The van der Waals surface area contributed by atoms with Gasteiger partial charge in [-0.2, -0.15) is 4.98 Å². The normalized spacial score (nSPS) is 14.3. The number of carbonyl (C=O) groups excluding carboxylic acids is 1. The van der Waals surface area contributed by atoms with Crippen LogP contribution in [0.15, 0.2) is 41.1 Å². The number of amides is 1. The molecule has 1 aromatic carbocycles. The van der Waals surface area contributed by atoms with Gasteiger partial charge in [0, 0.05) is 37.2 Å². The third-order valence-electron chi connectivity index (χ3n) is 6.36. The van der Waals surface area contributed by atoms with Crippen molar-refractivity contribution in [2.75, 3.05) is 33.4 Å². The van der Waals surface area contributed by atoms with Crippen LogP contribution in [-0.4, -0.2) is 86.5 Å². The minimum Gasteiger partial charge on any atom is -0.486 e. The second kappa shape index (κ2) is 11.2. The molecule has 36 heavy (non-hydrogen) atoms. The fourth-order valence-corrected chi connectivity index (χ4v) is 4.04. The van der Waals surface area contributed by atoms with Crippen LogP contribution in [0.3, 0.4) is 0 Å². The van der Waals surface area contributed by atoms with Crippen molar-refractivity contribution < 1.29 is 24.3 Å². The van der Waals surface area contributed by atoms with Crippen molar-refractivity contribution >= 4 is 5.91 Å². The van der Waals surface area contributed by atoms with Crippen LogP contribution in [0.4, 0.5) is 0 Å². The van der Waals surface area contributed by atoms with Gasteiger partial charge >= 0.3 is 0 Å². The molecule has 0 saturated carbocycles. The number of aromatic nitrogens is 3. The number of pyridine rings is 1. The van der Waals surface area contributed by atoms with Crippen LogP contribution in [-0.2, 0) is 6.54 Å². The first-order valence-electron chi connectivity index (χ1n) is 12.1. The lowest BCUT2D eigenvalue weighted by atomic mass is 10.0. The van der Waals surface area contributed by atoms with Crippen LogP contribution in [0.1, 0.15) is 47.4 Å². The van der Waals surface area contributed by atoms with Crippen molar-refractivity contribution in [3.05, 3.63) is 59.4 Å². The molecule has 0 spiro atoms. The molecule has 0 radical (unpaired) electrons. The highest BCUT2D eigenvalue weighted by Gasteiger charge is 2.30. The van der Waals surface area contributed by atoms with E-state index in [0.717, 1.165) is 35.7 Å². The molecule has 1 amide bonds. The summed E-state index contributed by atoms with van der Waals surface area (Å²) in [4.78, 5) is 25.2. The van der Waals surface area contributed by atoms with Crippen molar-refractivity contribution in [1.29, 1.82) is 0 Å². The Morgan fingerprint density at radius 1 is 1.22 bits per heavy atom. The Morgan fingerprint density at radius 2 is 1.97 bits per heavy atom. The average Bonchev–Trinajstić information content (AvgIpc) is 3.32. The number of aliphatic hydroxyl groups excluding tert-OH is 2. The van der Waals surface area contributed by atoms with Gasteiger partial charge in [0.05, 0.1) is 37.7 Å². The van der Waals surface area contributed by atoms with E-state index in [9.17, 15) is 15.0 Å². The van der Waals surface area contributed by atoms with Gasteiger partial charge < -0.3 is 24.4 Å². The predicted octanol–water partition coefficient (Wildman–Crippen LogP) is 2.25. The summed E-state index contributed by atoms with van der Waals surface area (Å²) in [7, 11) is 1.57. The molecule has 1 saturated heterocycles. The minimum atomic E-state index is -0.633. The van der Waals surface area contributed by atoms with Gasteiger partial charge in [-0.15, -0.1) is 0 Å². The zero-order valence-corrected chi connectivity index (χ0v) is 21.1. The number of ether oxygens (including phenoxy) is 1. The summed E-state index contributed by atoms with van der Waals surface area (Å²) >= 11 is 0. The average molecular weight is 496 g/mol. The summed E-state index contributed by atoms with van der Waals surface area (Å²) < 4.78 is 11.4. The van der Waals surface area contributed by atoms with E-state index in [0.29, 0.717) is 23.7 Å². The summed E-state index contributed by atoms with van der Waals surface area (Å²) in [5, 5.41) is 22.7. The summed E-state index contributed by atoms with van der Waals surface area (Å²) in [5.74, 6) is 2.04. The zero-order valence-electron chi connectivity index (χ0n) is 21.1. The number of hydrogen-bond donors (Lipinski definition) is 2. The SMILES string of the molecule is Cc1cc(C(=O)N(C)C(CO)CO)ccc1-c1ccc(OC2CN(Cc3nc(C(C)C)no3)C2)cn1. The van der Waals surface area contributed by atoms with Crippen LogP contribution in [0, 0.1) is 6.92 Å². The van der Waals surface area contributed by atoms with Gasteiger partial charge in [-0.25, -0.2) is 0 Å². The lowest BCUT2D eigenvalue weighted by Gasteiger charge is -2.37. The molecule has 3 aromatic rings. The Hall–Kier alpha value is -3.34. The number of hydrogen-bond acceptors (Lipinski definition) is 9. The molecule has 0 bridgehead atoms. The van der Waals surface area contributed by atoms with E-state index in [4.69, 9.17) is 9.26 Å². The van der Waals surface area contributed by atoms with Crippen LogP contribution < -0.4 is 4.74 Å². The monoisotopic (exact) mass is 495 g/mol. The third-order valence-corrected chi connectivity index (χ3v) is 6.36. The topological polar surface area (TPSA) is 125 Å². The van der Waals surface area contributed by atoms with E-state index >= 15 is 0 Å². The smallest absolute Gasteiger partial charge is 0.254 e. The van der Waals surface area contributed by atoms with Crippen molar-refractivity contribution in [2.45, 2.75) is 45.4 Å². The molecular formula is C26H33N5O5. The molecule has 4 rings (SSSR count). The van der Waals surface area contributed by atoms with Crippen LogP contribution in [0.2, 0.25) is 0 Å². The number of aliphatic hydroxyl groups is 2.